The van der Waals surface area contributed by atoms with E-state index < -0.39 is 0 Å². The highest BCUT2D eigenvalue weighted by molar-refractivity contribution is 7.98. The number of carbonyl (C=O) groups is 2. The molecule has 2 aromatic rings. The second-order valence-electron chi connectivity index (χ2n) is 4.91. The Kier molecular flexibility index (Phi) is 5.27. The van der Waals surface area contributed by atoms with E-state index in [-0.39, 0.29) is 18.4 Å². The second kappa shape index (κ2) is 7.17. The first kappa shape index (κ1) is 16.2. The van der Waals surface area contributed by atoms with Crippen molar-refractivity contribution in [3.05, 3.63) is 48.3 Å². The van der Waals surface area contributed by atoms with Crippen LogP contribution in [0.4, 0.5) is 5.69 Å². The van der Waals surface area contributed by atoms with Crippen molar-refractivity contribution < 1.29 is 9.59 Å². The van der Waals surface area contributed by atoms with Gasteiger partial charge in [-0.2, -0.15) is 0 Å². The predicted molar refractivity (Wildman–Crippen MR) is 89.2 cm³/mol. The molecule has 0 spiro atoms. The fraction of sp³-hybridized carbons (Fsp3) is 0.250. The van der Waals surface area contributed by atoms with Crippen molar-refractivity contribution in [2.45, 2.75) is 4.90 Å². The molecule has 1 aromatic heterocycles. The van der Waals surface area contributed by atoms with Crippen molar-refractivity contribution in [2.75, 3.05) is 25.2 Å². The first-order valence-corrected chi connectivity index (χ1v) is 8.05. The molecule has 22 heavy (non-hydrogen) atoms. The standard InChI is InChI=1S/C16H19N3O2S/c1-18-10-6-8-13(18)16(21)19(2)11-15(20)17-12-7-4-5-9-14(12)22-3/h4-10H,11H2,1-3H3,(H,17,20). The number of nitrogens with one attached hydrogen (secondary N) is 1. The lowest BCUT2D eigenvalue weighted by molar-refractivity contribution is -0.116. The maximum atomic E-state index is 12.3. The van der Waals surface area contributed by atoms with Crippen LogP contribution in [0.5, 0.6) is 0 Å². The van der Waals surface area contributed by atoms with E-state index in [1.165, 1.54) is 4.90 Å². The number of hydrogen-bond acceptors (Lipinski definition) is 3. The number of amides is 2. The molecule has 0 aliphatic heterocycles. The minimum atomic E-state index is -0.216. The Balaban J connectivity index is 2.00. The third-order valence-corrected chi connectivity index (χ3v) is 4.07. The summed E-state index contributed by atoms with van der Waals surface area (Å²) in [6, 6.07) is 11.1. The molecule has 6 heteroatoms. The third kappa shape index (κ3) is 3.71. The van der Waals surface area contributed by atoms with Gasteiger partial charge in [-0.05, 0) is 30.5 Å². The zero-order valence-corrected chi connectivity index (χ0v) is 13.7. The third-order valence-electron chi connectivity index (χ3n) is 3.27. The van der Waals surface area contributed by atoms with E-state index in [0.29, 0.717) is 5.69 Å². The molecule has 2 amide bonds. The van der Waals surface area contributed by atoms with Crippen molar-refractivity contribution in [3.63, 3.8) is 0 Å². The Hall–Kier alpha value is -2.21. The van der Waals surface area contributed by atoms with Crippen LogP contribution in [0.3, 0.4) is 0 Å². The lowest BCUT2D eigenvalue weighted by Crippen LogP contribution is -2.35. The summed E-state index contributed by atoms with van der Waals surface area (Å²) in [7, 11) is 3.42. The summed E-state index contributed by atoms with van der Waals surface area (Å²) in [6.45, 7) is 0.00668. The van der Waals surface area contributed by atoms with Crippen LogP contribution in [0.2, 0.25) is 0 Å². The molecule has 5 nitrogen and oxygen atoms in total. The van der Waals surface area contributed by atoms with E-state index in [1.54, 1.807) is 48.8 Å². The highest BCUT2D eigenvalue weighted by Crippen LogP contribution is 2.24. The van der Waals surface area contributed by atoms with Gasteiger partial charge in [-0.25, -0.2) is 0 Å². The smallest absolute Gasteiger partial charge is 0.270 e. The molecule has 1 N–H and O–H groups in total. The van der Waals surface area contributed by atoms with Crippen LogP contribution >= 0.6 is 11.8 Å². The average Bonchev–Trinajstić information content (AvgIpc) is 2.93. The molecule has 0 saturated carbocycles. The Morgan fingerprint density at radius 2 is 1.95 bits per heavy atom. The van der Waals surface area contributed by atoms with Gasteiger partial charge in [0.15, 0.2) is 0 Å². The number of carbonyl (C=O) groups excluding carboxylic acids is 2. The molecule has 2 rings (SSSR count). The molecule has 0 radical (unpaired) electrons. The largest absolute Gasteiger partial charge is 0.347 e. The van der Waals surface area contributed by atoms with E-state index in [2.05, 4.69) is 5.32 Å². The molecule has 0 aliphatic carbocycles. The Bertz CT molecular complexity index is 682. The van der Waals surface area contributed by atoms with Gasteiger partial charge in [-0.3, -0.25) is 9.59 Å². The molecule has 0 saturated heterocycles. The van der Waals surface area contributed by atoms with Crippen molar-refractivity contribution in [1.29, 1.82) is 0 Å². The number of likely N-dealkylation sites (N-methyl/N-ethyl adjacent to an activating group) is 1. The fourth-order valence-electron chi connectivity index (χ4n) is 2.10. The monoisotopic (exact) mass is 317 g/mol. The second-order valence-corrected chi connectivity index (χ2v) is 5.76. The normalized spacial score (nSPS) is 10.3. The van der Waals surface area contributed by atoms with E-state index in [0.717, 1.165) is 10.6 Å². The van der Waals surface area contributed by atoms with Gasteiger partial charge in [0.2, 0.25) is 5.91 Å². The molecule has 1 aromatic carbocycles. The number of nitrogens with zero attached hydrogens (tertiary/aromatic N) is 2. The van der Waals surface area contributed by atoms with E-state index in [1.807, 2.05) is 30.5 Å². The fourth-order valence-corrected chi connectivity index (χ4v) is 2.66. The van der Waals surface area contributed by atoms with E-state index in [4.69, 9.17) is 0 Å². The molecule has 0 unspecified atom stereocenters. The van der Waals surface area contributed by atoms with Crippen LogP contribution in [0.1, 0.15) is 10.5 Å². The van der Waals surface area contributed by atoms with Crippen molar-refractivity contribution >= 4 is 29.3 Å². The first-order valence-electron chi connectivity index (χ1n) is 6.82. The molecule has 0 fully saturated rings. The number of para-hydroxylation sites is 1. The lowest BCUT2D eigenvalue weighted by Gasteiger charge is -2.17. The van der Waals surface area contributed by atoms with E-state index in [9.17, 15) is 9.59 Å². The van der Waals surface area contributed by atoms with Gasteiger partial charge < -0.3 is 14.8 Å². The minimum Gasteiger partial charge on any atom is -0.347 e. The zero-order valence-electron chi connectivity index (χ0n) is 12.9. The van der Waals surface area contributed by atoms with Gasteiger partial charge in [0, 0.05) is 25.2 Å². The summed E-state index contributed by atoms with van der Waals surface area (Å²) >= 11 is 1.56. The number of anilines is 1. The Morgan fingerprint density at radius 1 is 1.23 bits per heavy atom. The van der Waals surface area contributed by atoms with Crippen LogP contribution in [0.25, 0.3) is 0 Å². The van der Waals surface area contributed by atoms with Crippen molar-refractivity contribution in [2.24, 2.45) is 7.05 Å². The lowest BCUT2D eigenvalue weighted by atomic mass is 10.3. The van der Waals surface area contributed by atoms with Gasteiger partial charge in [0.25, 0.3) is 5.91 Å². The maximum absolute atomic E-state index is 12.3. The van der Waals surface area contributed by atoms with Crippen molar-refractivity contribution in [3.8, 4) is 0 Å². The van der Waals surface area contributed by atoms with Crippen molar-refractivity contribution in [1.82, 2.24) is 9.47 Å². The molecule has 0 aliphatic rings. The predicted octanol–water partition coefficient (Wildman–Crippen LogP) is 2.46. The Labute approximate surface area is 134 Å². The number of benzene rings is 1. The first-order chi connectivity index (χ1) is 10.5. The molecule has 0 bridgehead atoms. The summed E-state index contributed by atoms with van der Waals surface area (Å²) in [5, 5.41) is 2.85. The van der Waals surface area contributed by atoms with Gasteiger partial charge in [-0.1, -0.05) is 12.1 Å². The summed E-state index contributed by atoms with van der Waals surface area (Å²) < 4.78 is 1.74. The highest BCUT2D eigenvalue weighted by Gasteiger charge is 2.17. The topological polar surface area (TPSA) is 54.3 Å². The SMILES string of the molecule is CSc1ccccc1NC(=O)CN(C)C(=O)c1cccn1C. The molecule has 0 atom stereocenters. The van der Waals surface area contributed by atoms with Crippen LogP contribution < -0.4 is 5.32 Å². The summed E-state index contributed by atoms with van der Waals surface area (Å²) in [5.41, 5.74) is 1.32. The summed E-state index contributed by atoms with van der Waals surface area (Å²) in [5.74, 6) is -0.396. The van der Waals surface area contributed by atoms with Crippen LogP contribution in [0, 0.1) is 0 Å². The Morgan fingerprint density at radius 3 is 2.59 bits per heavy atom. The number of hydrogen-bond donors (Lipinski definition) is 1. The van der Waals surface area contributed by atoms with Crippen LogP contribution in [0.15, 0.2) is 47.5 Å². The minimum absolute atomic E-state index is 0.00668. The summed E-state index contributed by atoms with van der Waals surface area (Å²) in [6.07, 6.45) is 3.76. The number of rotatable bonds is 5. The van der Waals surface area contributed by atoms with E-state index >= 15 is 0 Å². The number of aryl methyl sites for hydroxylation is 1. The van der Waals surface area contributed by atoms with Gasteiger partial charge in [0.1, 0.15) is 5.69 Å². The average molecular weight is 317 g/mol. The van der Waals surface area contributed by atoms with Crippen LogP contribution in [-0.4, -0.2) is 41.1 Å². The quantitative estimate of drug-likeness (QED) is 0.862. The van der Waals surface area contributed by atoms with Crippen LogP contribution in [-0.2, 0) is 11.8 Å². The maximum Gasteiger partial charge on any atom is 0.270 e. The highest BCUT2D eigenvalue weighted by atomic mass is 32.2. The molecular weight excluding hydrogens is 298 g/mol. The molecular formula is C16H19N3O2S. The van der Waals surface area contributed by atoms with Gasteiger partial charge in [-0.15, -0.1) is 11.8 Å². The molecule has 116 valence electrons. The molecule has 1 heterocycles. The zero-order chi connectivity index (χ0) is 16.1. The number of aromatic nitrogens is 1. The number of thioether (sulfide) groups is 1. The summed E-state index contributed by atoms with van der Waals surface area (Å²) in [4.78, 5) is 26.8. The van der Waals surface area contributed by atoms with Gasteiger partial charge in [0.05, 0.1) is 12.2 Å². The van der Waals surface area contributed by atoms with Gasteiger partial charge >= 0.3 is 0 Å².